The van der Waals surface area contributed by atoms with Crippen LogP contribution in [0.15, 0.2) is 48.5 Å². The van der Waals surface area contributed by atoms with E-state index in [0.717, 1.165) is 21.7 Å². The molecular formula is C14H10FN3S. The molecular weight excluding hydrogens is 261 g/mol. The summed E-state index contributed by atoms with van der Waals surface area (Å²) in [6, 6.07) is 14.2. The number of aromatic nitrogens is 2. The molecule has 94 valence electrons. The first-order valence-corrected chi connectivity index (χ1v) is 6.50. The molecule has 5 heteroatoms. The van der Waals surface area contributed by atoms with E-state index in [9.17, 15) is 4.39 Å². The minimum atomic E-state index is -0.249. The third kappa shape index (κ3) is 2.32. The number of nitrogen functional groups attached to an aromatic ring is 1. The Morgan fingerprint density at radius 3 is 2.21 bits per heavy atom. The summed E-state index contributed by atoms with van der Waals surface area (Å²) in [7, 11) is 0. The molecule has 19 heavy (non-hydrogen) atoms. The summed E-state index contributed by atoms with van der Waals surface area (Å²) in [6.45, 7) is 0. The maximum atomic E-state index is 13.0. The van der Waals surface area contributed by atoms with Crippen LogP contribution in [0, 0.1) is 5.82 Å². The number of hydrogen-bond donors (Lipinski definition) is 1. The fourth-order valence-electron chi connectivity index (χ4n) is 1.89. The summed E-state index contributed by atoms with van der Waals surface area (Å²) in [5.41, 5.74) is 8.49. The smallest absolute Gasteiger partial charge is 0.203 e. The van der Waals surface area contributed by atoms with Gasteiger partial charge in [0, 0.05) is 5.56 Å². The average molecular weight is 271 g/mol. The van der Waals surface area contributed by atoms with Gasteiger partial charge in [0.05, 0.1) is 0 Å². The lowest BCUT2D eigenvalue weighted by atomic mass is 10.0. The zero-order chi connectivity index (χ0) is 13.2. The summed E-state index contributed by atoms with van der Waals surface area (Å²) in [5, 5.41) is 9.08. The Morgan fingerprint density at radius 1 is 0.895 bits per heavy atom. The van der Waals surface area contributed by atoms with Gasteiger partial charge in [-0.25, -0.2) is 4.39 Å². The number of benzene rings is 2. The van der Waals surface area contributed by atoms with E-state index in [1.54, 1.807) is 12.1 Å². The van der Waals surface area contributed by atoms with Crippen LogP contribution >= 0.6 is 11.3 Å². The Bertz CT molecular complexity index is 707. The number of nitrogens with two attached hydrogens (primary N) is 1. The first-order chi connectivity index (χ1) is 9.24. The van der Waals surface area contributed by atoms with E-state index >= 15 is 0 Å². The Balaban J connectivity index is 2.14. The Hall–Kier alpha value is -2.27. The van der Waals surface area contributed by atoms with Crippen LogP contribution in [0.3, 0.4) is 0 Å². The summed E-state index contributed by atoms with van der Waals surface area (Å²) in [4.78, 5) is 0. The van der Waals surface area contributed by atoms with Gasteiger partial charge in [0.2, 0.25) is 5.13 Å². The van der Waals surface area contributed by atoms with E-state index in [4.69, 9.17) is 5.73 Å². The molecule has 0 bridgehead atoms. The van der Waals surface area contributed by atoms with Crippen molar-refractivity contribution in [1.82, 2.24) is 10.2 Å². The van der Waals surface area contributed by atoms with Crippen LogP contribution in [-0.2, 0) is 0 Å². The quantitative estimate of drug-likeness (QED) is 0.775. The molecule has 1 aromatic heterocycles. The monoisotopic (exact) mass is 271 g/mol. The van der Waals surface area contributed by atoms with Crippen LogP contribution in [0.2, 0.25) is 0 Å². The molecule has 0 atom stereocenters. The highest BCUT2D eigenvalue weighted by Gasteiger charge is 2.10. The van der Waals surface area contributed by atoms with Crippen LogP contribution in [0.4, 0.5) is 9.52 Å². The van der Waals surface area contributed by atoms with Crippen molar-refractivity contribution in [3.05, 3.63) is 54.3 Å². The summed E-state index contributed by atoms with van der Waals surface area (Å²) < 4.78 is 13.0. The highest BCUT2D eigenvalue weighted by Crippen LogP contribution is 2.34. The van der Waals surface area contributed by atoms with Crippen molar-refractivity contribution in [1.29, 1.82) is 0 Å². The first-order valence-electron chi connectivity index (χ1n) is 5.68. The van der Waals surface area contributed by atoms with Gasteiger partial charge in [0.1, 0.15) is 10.8 Å². The van der Waals surface area contributed by atoms with E-state index < -0.39 is 0 Å². The van der Waals surface area contributed by atoms with Crippen LogP contribution in [0.1, 0.15) is 0 Å². The molecule has 3 nitrogen and oxygen atoms in total. The maximum Gasteiger partial charge on any atom is 0.203 e. The molecule has 2 aromatic carbocycles. The molecule has 2 N–H and O–H groups in total. The van der Waals surface area contributed by atoms with Gasteiger partial charge in [-0.05, 0) is 23.3 Å². The second-order valence-corrected chi connectivity index (χ2v) is 5.01. The molecule has 0 aliphatic heterocycles. The Kier molecular flexibility index (Phi) is 2.97. The van der Waals surface area contributed by atoms with Crippen molar-refractivity contribution in [2.75, 3.05) is 5.73 Å². The highest BCUT2D eigenvalue weighted by molar-refractivity contribution is 7.18. The number of anilines is 1. The Labute approximate surface area is 113 Å². The van der Waals surface area contributed by atoms with Crippen molar-refractivity contribution in [2.45, 2.75) is 0 Å². The molecule has 0 amide bonds. The van der Waals surface area contributed by atoms with Gasteiger partial charge < -0.3 is 5.73 Å². The maximum absolute atomic E-state index is 13.0. The standard InChI is InChI=1S/C14H10FN3S/c15-10-7-5-9(6-8-10)11-3-1-2-4-12(11)13-17-18-14(16)19-13/h1-8H,(H2,16,18). The van der Waals surface area contributed by atoms with Gasteiger partial charge in [-0.2, -0.15) is 0 Å². The van der Waals surface area contributed by atoms with E-state index in [0.29, 0.717) is 5.13 Å². The van der Waals surface area contributed by atoms with Crippen molar-refractivity contribution in [3.63, 3.8) is 0 Å². The first kappa shape index (κ1) is 11.8. The lowest BCUT2D eigenvalue weighted by Gasteiger charge is -2.06. The van der Waals surface area contributed by atoms with Gasteiger partial charge >= 0.3 is 0 Å². The Morgan fingerprint density at radius 2 is 1.58 bits per heavy atom. The topological polar surface area (TPSA) is 51.8 Å². The van der Waals surface area contributed by atoms with Gasteiger partial charge in [-0.3, -0.25) is 0 Å². The molecule has 0 spiro atoms. The van der Waals surface area contributed by atoms with Crippen molar-refractivity contribution >= 4 is 16.5 Å². The summed E-state index contributed by atoms with van der Waals surface area (Å²) >= 11 is 1.33. The second kappa shape index (κ2) is 4.78. The van der Waals surface area contributed by atoms with Gasteiger partial charge in [-0.15, -0.1) is 10.2 Å². The molecule has 0 unspecified atom stereocenters. The van der Waals surface area contributed by atoms with E-state index in [1.165, 1.54) is 23.5 Å². The third-order valence-corrected chi connectivity index (χ3v) is 3.54. The molecule has 3 aromatic rings. The van der Waals surface area contributed by atoms with E-state index in [-0.39, 0.29) is 5.82 Å². The molecule has 0 saturated carbocycles. The number of rotatable bonds is 2. The lowest BCUT2D eigenvalue weighted by Crippen LogP contribution is -1.85. The van der Waals surface area contributed by atoms with Crippen molar-refractivity contribution < 1.29 is 4.39 Å². The molecule has 1 heterocycles. The number of halogens is 1. The van der Waals surface area contributed by atoms with Gasteiger partial charge in [0.25, 0.3) is 0 Å². The molecule has 0 fully saturated rings. The molecule has 0 aliphatic carbocycles. The lowest BCUT2D eigenvalue weighted by molar-refractivity contribution is 0.628. The molecule has 0 aliphatic rings. The predicted molar refractivity (Wildman–Crippen MR) is 75.2 cm³/mol. The minimum absolute atomic E-state index is 0.249. The van der Waals surface area contributed by atoms with E-state index in [1.807, 2.05) is 24.3 Å². The zero-order valence-corrected chi connectivity index (χ0v) is 10.7. The minimum Gasteiger partial charge on any atom is -0.374 e. The summed E-state index contributed by atoms with van der Waals surface area (Å²) in [5.74, 6) is -0.249. The highest BCUT2D eigenvalue weighted by atomic mass is 32.1. The number of nitrogens with zero attached hydrogens (tertiary/aromatic N) is 2. The second-order valence-electron chi connectivity index (χ2n) is 4.00. The average Bonchev–Trinajstić information content (AvgIpc) is 2.86. The van der Waals surface area contributed by atoms with Crippen LogP contribution in [0.5, 0.6) is 0 Å². The van der Waals surface area contributed by atoms with Gasteiger partial charge in [-0.1, -0.05) is 47.7 Å². The van der Waals surface area contributed by atoms with Gasteiger partial charge in [0.15, 0.2) is 0 Å². The fourth-order valence-corrected chi connectivity index (χ4v) is 2.54. The normalized spacial score (nSPS) is 10.6. The van der Waals surface area contributed by atoms with Crippen LogP contribution < -0.4 is 5.73 Å². The largest absolute Gasteiger partial charge is 0.374 e. The summed E-state index contributed by atoms with van der Waals surface area (Å²) in [6.07, 6.45) is 0. The van der Waals surface area contributed by atoms with Crippen LogP contribution in [0.25, 0.3) is 21.7 Å². The fraction of sp³-hybridized carbons (Fsp3) is 0. The van der Waals surface area contributed by atoms with E-state index in [2.05, 4.69) is 10.2 Å². The molecule has 0 radical (unpaired) electrons. The zero-order valence-electron chi connectivity index (χ0n) is 9.88. The van der Waals surface area contributed by atoms with Crippen LogP contribution in [-0.4, -0.2) is 10.2 Å². The van der Waals surface area contributed by atoms with Crippen molar-refractivity contribution in [2.24, 2.45) is 0 Å². The molecule has 0 saturated heterocycles. The predicted octanol–water partition coefficient (Wildman–Crippen LogP) is 3.59. The van der Waals surface area contributed by atoms with Crippen molar-refractivity contribution in [3.8, 4) is 21.7 Å². The third-order valence-electron chi connectivity index (χ3n) is 2.75. The molecule has 3 rings (SSSR count). The number of hydrogen-bond acceptors (Lipinski definition) is 4. The SMILES string of the molecule is Nc1nnc(-c2ccccc2-c2ccc(F)cc2)s1.